The van der Waals surface area contributed by atoms with Gasteiger partial charge in [-0.3, -0.25) is 0 Å². The maximum atomic E-state index is 5.29. The normalized spacial score (nSPS) is 15.0. The maximum Gasteiger partial charge on any atom is 0.141 e. The lowest BCUT2D eigenvalue weighted by atomic mass is 10.0. The Bertz CT molecular complexity index is 853. The molecule has 0 aliphatic carbocycles. The van der Waals surface area contributed by atoms with Crippen LogP contribution >= 0.6 is 11.3 Å². The number of thiophene rings is 1. The van der Waals surface area contributed by atoms with E-state index in [1.165, 1.54) is 21.4 Å². The molecule has 0 atom stereocenters. The Labute approximate surface area is 145 Å². The molecule has 6 heteroatoms. The summed E-state index contributed by atoms with van der Waals surface area (Å²) >= 11 is 1.74. The molecule has 2 aromatic heterocycles. The molecule has 0 amide bonds. The van der Waals surface area contributed by atoms with Crippen LogP contribution in [0.2, 0.25) is 0 Å². The van der Waals surface area contributed by atoms with Crippen LogP contribution in [0.5, 0.6) is 5.75 Å². The van der Waals surface area contributed by atoms with Crippen LogP contribution in [0.4, 0.5) is 5.82 Å². The second-order valence-electron chi connectivity index (χ2n) is 5.88. The van der Waals surface area contributed by atoms with E-state index in [1.807, 2.05) is 12.1 Å². The molecule has 1 aliphatic rings. The van der Waals surface area contributed by atoms with Crippen molar-refractivity contribution in [1.82, 2.24) is 15.3 Å². The lowest BCUT2D eigenvalue weighted by molar-refractivity contribution is 0.415. The third-order valence-electron chi connectivity index (χ3n) is 4.44. The lowest BCUT2D eigenvalue weighted by Crippen LogP contribution is -2.44. The summed E-state index contributed by atoms with van der Waals surface area (Å²) in [5.74, 6) is 1.92. The highest BCUT2D eigenvalue weighted by molar-refractivity contribution is 7.19. The first-order valence-corrected chi connectivity index (χ1v) is 8.94. The Morgan fingerprint density at radius 1 is 1.12 bits per heavy atom. The fourth-order valence-electron chi connectivity index (χ4n) is 3.25. The molecule has 0 radical (unpaired) electrons. The van der Waals surface area contributed by atoms with Gasteiger partial charge in [-0.2, -0.15) is 0 Å². The quantitative estimate of drug-likeness (QED) is 0.794. The van der Waals surface area contributed by atoms with Gasteiger partial charge in [0.15, 0.2) is 0 Å². The molecule has 0 unspecified atom stereocenters. The molecule has 4 rings (SSSR count). The molecule has 3 heterocycles. The summed E-state index contributed by atoms with van der Waals surface area (Å²) in [4.78, 5) is 13.8. The van der Waals surface area contributed by atoms with E-state index in [1.54, 1.807) is 24.8 Å². The van der Waals surface area contributed by atoms with Crippen molar-refractivity contribution in [3.63, 3.8) is 0 Å². The molecule has 3 aromatic rings. The Kier molecular flexibility index (Phi) is 4.08. The minimum Gasteiger partial charge on any atom is -0.497 e. The average molecular weight is 340 g/mol. The van der Waals surface area contributed by atoms with Gasteiger partial charge in [0.05, 0.1) is 12.5 Å². The number of methoxy groups -OCH3 is 1. The number of rotatable bonds is 3. The number of benzene rings is 1. The highest BCUT2D eigenvalue weighted by Gasteiger charge is 2.21. The third-order valence-corrected chi connectivity index (χ3v) is 5.45. The zero-order valence-electron chi connectivity index (χ0n) is 13.9. The molecule has 5 nitrogen and oxygen atoms in total. The number of nitrogens with one attached hydrogen (secondary N) is 1. The van der Waals surface area contributed by atoms with E-state index < -0.39 is 0 Å². The number of fused-ring (bicyclic) bond motifs is 1. The molecule has 24 heavy (non-hydrogen) atoms. The van der Waals surface area contributed by atoms with Crippen LogP contribution in [-0.4, -0.2) is 43.3 Å². The first-order chi connectivity index (χ1) is 11.8. The number of nitrogens with zero attached hydrogens (tertiary/aromatic N) is 3. The number of ether oxygens (including phenoxy) is 1. The van der Waals surface area contributed by atoms with E-state index in [9.17, 15) is 0 Å². The second-order valence-corrected chi connectivity index (χ2v) is 7.08. The molecule has 1 aromatic carbocycles. The molecule has 0 saturated carbocycles. The second kappa shape index (κ2) is 6.37. The zero-order valence-corrected chi connectivity index (χ0v) is 14.7. The molecular weight excluding hydrogens is 320 g/mol. The number of piperazine rings is 1. The van der Waals surface area contributed by atoms with Crippen LogP contribution in [-0.2, 0) is 0 Å². The zero-order chi connectivity index (χ0) is 16.5. The van der Waals surface area contributed by atoms with Crippen molar-refractivity contribution in [2.45, 2.75) is 6.92 Å². The molecule has 0 spiro atoms. The van der Waals surface area contributed by atoms with E-state index in [4.69, 9.17) is 4.74 Å². The van der Waals surface area contributed by atoms with Gasteiger partial charge in [-0.15, -0.1) is 11.3 Å². The van der Waals surface area contributed by atoms with Gasteiger partial charge in [-0.25, -0.2) is 9.97 Å². The lowest BCUT2D eigenvalue weighted by Gasteiger charge is -2.29. The fourth-order valence-corrected chi connectivity index (χ4v) is 4.26. The van der Waals surface area contributed by atoms with Crippen molar-refractivity contribution in [1.29, 1.82) is 0 Å². The van der Waals surface area contributed by atoms with E-state index >= 15 is 0 Å². The Hall–Kier alpha value is -2.18. The number of hydrogen-bond donors (Lipinski definition) is 1. The van der Waals surface area contributed by atoms with Crippen molar-refractivity contribution in [2.24, 2.45) is 0 Å². The molecule has 124 valence electrons. The number of hydrogen-bond acceptors (Lipinski definition) is 6. The first-order valence-electron chi connectivity index (χ1n) is 8.12. The van der Waals surface area contributed by atoms with Gasteiger partial charge < -0.3 is 15.0 Å². The van der Waals surface area contributed by atoms with Crippen molar-refractivity contribution in [2.75, 3.05) is 38.2 Å². The summed E-state index contributed by atoms with van der Waals surface area (Å²) in [5.41, 5.74) is 2.43. The average Bonchev–Trinajstić information content (AvgIpc) is 2.98. The molecule has 1 fully saturated rings. The summed E-state index contributed by atoms with van der Waals surface area (Å²) in [6.45, 7) is 6.10. The number of aromatic nitrogens is 2. The van der Waals surface area contributed by atoms with Crippen LogP contribution in [0.15, 0.2) is 30.6 Å². The highest BCUT2D eigenvalue weighted by atomic mass is 32.1. The summed E-state index contributed by atoms with van der Waals surface area (Å²) in [5, 5.41) is 4.57. The van der Waals surface area contributed by atoms with Crippen LogP contribution in [0.1, 0.15) is 4.88 Å². The summed E-state index contributed by atoms with van der Waals surface area (Å²) in [6.07, 6.45) is 1.69. The molecule has 1 aliphatic heterocycles. The minimum absolute atomic E-state index is 0.870. The van der Waals surface area contributed by atoms with Gasteiger partial charge in [0.2, 0.25) is 0 Å². The fraction of sp³-hybridized carbons (Fsp3) is 0.333. The monoisotopic (exact) mass is 340 g/mol. The summed E-state index contributed by atoms with van der Waals surface area (Å²) in [6, 6.07) is 8.24. The van der Waals surface area contributed by atoms with E-state index in [0.29, 0.717) is 0 Å². The SMILES string of the molecule is COc1ccc(-c2c(C)sc3ncnc(N4CCNCC4)c23)cc1. The summed E-state index contributed by atoms with van der Waals surface area (Å²) in [7, 11) is 1.69. The van der Waals surface area contributed by atoms with Crippen LogP contribution < -0.4 is 15.0 Å². The number of aryl methyl sites for hydroxylation is 1. The highest BCUT2D eigenvalue weighted by Crippen LogP contribution is 2.41. The largest absolute Gasteiger partial charge is 0.497 e. The van der Waals surface area contributed by atoms with Gasteiger partial charge in [0.25, 0.3) is 0 Å². The summed E-state index contributed by atoms with van der Waals surface area (Å²) < 4.78 is 5.29. The topological polar surface area (TPSA) is 50.3 Å². The Balaban J connectivity index is 1.89. The van der Waals surface area contributed by atoms with Crippen LogP contribution in [0.25, 0.3) is 21.3 Å². The van der Waals surface area contributed by atoms with E-state index in [0.717, 1.165) is 42.6 Å². The number of anilines is 1. The maximum absolute atomic E-state index is 5.29. The Morgan fingerprint density at radius 3 is 2.58 bits per heavy atom. The van der Waals surface area contributed by atoms with Crippen molar-refractivity contribution >= 4 is 27.4 Å². The van der Waals surface area contributed by atoms with E-state index in [2.05, 4.69) is 39.2 Å². The third kappa shape index (κ3) is 2.61. The van der Waals surface area contributed by atoms with Gasteiger partial charge in [0.1, 0.15) is 22.7 Å². The van der Waals surface area contributed by atoms with Gasteiger partial charge >= 0.3 is 0 Å². The van der Waals surface area contributed by atoms with E-state index in [-0.39, 0.29) is 0 Å². The van der Waals surface area contributed by atoms with Gasteiger partial charge in [-0.05, 0) is 24.6 Å². The molecular formula is C18H20N4OS. The van der Waals surface area contributed by atoms with Gasteiger partial charge in [0, 0.05) is 36.6 Å². The van der Waals surface area contributed by atoms with Crippen molar-refractivity contribution in [3.8, 4) is 16.9 Å². The Morgan fingerprint density at radius 2 is 1.88 bits per heavy atom. The molecule has 0 bridgehead atoms. The van der Waals surface area contributed by atoms with Crippen LogP contribution in [0.3, 0.4) is 0 Å². The predicted molar refractivity (Wildman–Crippen MR) is 99.2 cm³/mol. The van der Waals surface area contributed by atoms with Crippen molar-refractivity contribution in [3.05, 3.63) is 35.5 Å². The van der Waals surface area contributed by atoms with Crippen LogP contribution in [0, 0.1) is 6.92 Å². The predicted octanol–water partition coefficient (Wildman–Crippen LogP) is 3.08. The van der Waals surface area contributed by atoms with Crippen molar-refractivity contribution < 1.29 is 4.74 Å². The standard InChI is InChI=1S/C18H20N4OS/c1-12-15(13-3-5-14(23-2)6-4-13)16-17(20-11-21-18(16)24-12)22-9-7-19-8-10-22/h3-6,11,19H,7-10H2,1-2H3. The first kappa shape index (κ1) is 15.4. The smallest absolute Gasteiger partial charge is 0.141 e. The molecule has 1 saturated heterocycles. The minimum atomic E-state index is 0.870. The molecule has 1 N–H and O–H groups in total. The van der Waals surface area contributed by atoms with Gasteiger partial charge in [-0.1, -0.05) is 12.1 Å².